The van der Waals surface area contributed by atoms with E-state index in [1.165, 1.54) is 24.0 Å². The first-order valence-corrected chi connectivity index (χ1v) is 8.12. The molecule has 0 bridgehead atoms. The highest BCUT2D eigenvalue weighted by Gasteiger charge is 2.32. The predicted molar refractivity (Wildman–Crippen MR) is 85.1 cm³/mol. The van der Waals surface area contributed by atoms with Gasteiger partial charge >= 0.3 is 0 Å². The topological polar surface area (TPSA) is 21.3 Å². The van der Waals surface area contributed by atoms with Gasteiger partial charge in [0.15, 0.2) is 0 Å². The zero-order valence-corrected chi connectivity index (χ0v) is 13.4. The van der Waals surface area contributed by atoms with Crippen LogP contribution in [0.5, 0.6) is 0 Å². The van der Waals surface area contributed by atoms with Gasteiger partial charge in [0.25, 0.3) is 0 Å². The third-order valence-electron chi connectivity index (χ3n) is 4.67. The summed E-state index contributed by atoms with van der Waals surface area (Å²) in [6, 6.07) is 9.45. The van der Waals surface area contributed by atoms with Gasteiger partial charge in [0.2, 0.25) is 0 Å². The van der Waals surface area contributed by atoms with Gasteiger partial charge < -0.3 is 10.1 Å². The molecule has 1 fully saturated rings. The Kier molecular flexibility index (Phi) is 5.62. The zero-order valence-electron chi connectivity index (χ0n) is 13.4. The number of ether oxygens (including phenoxy) is 1. The molecule has 2 heteroatoms. The van der Waals surface area contributed by atoms with Crippen molar-refractivity contribution >= 4 is 0 Å². The van der Waals surface area contributed by atoms with Gasteiger partial charge in [-0.3, -0.25) is 0 Å². The van der Waals surface area contributed by atoms with Gasteiger partial charge in [0, 0.05) is 6.61 Å². The summed E-state index contributed by atoms with van der Waals surface area (Å²) in [6.45, 7) is 10.9. The van der Waals surface area contributed by atoms with Gasteiger partial charge in [-0.2, -0.15) is 0 Å². The molecule has 1 aliphatic heterocycles. The van der Waals surface area contributed by atoms with Crippen LogP contribution in [0.4, 0.5) is 0 Å². The van der Waals surface area contributed by atoms with E-state index < -0.39 is 0 Å². The second kappa shape index (κ2) is 7.24. The molecule has 0 aromatic heterocycles. The molecular formula is C18H29NO. The van der Waals surface area contributed by atoms with Crippen LogP contribution in [0.1, 0.15) is 63.6 Å². The number of nitrogens with one attached hydrogen (secondary N) is 1. The maximum Gasteiger partial charge on any atom is 0.0795 e. The maximum atomic E-state index is 5.97. The molecule has 0 amide bonds. The van der Waals surface area contributed by atoms with Gasteiger partial charge in [-0.15, -0.1) is 0 Å². The van der Waals surface area contributed by atoms with Crippen molar-refractivity contribution in [2.75, 3.05) is 13.2 Å². The van der Waals surface area contributed by atoms with Crippen LogP contribution in [-0.4, -0.2) is 19.3 Å². The second-order valence-electron chi connectivity index (χ2n) is 6.11. The van der Waals surface area contributed by atoms with Crippen LogP contribution in [0.3, 0.4) is 0 Å². The van der Waals surface area contributed by atoms with Crippen molar-refractivity contribution in [3.63, 3.8) is 0 Å². The van der Waals surface area contributed by atoms with Crippen LogP contribution in [0, 0.1) is 5.92 Å². The average Bonchev–Trinajstić information content (AvgIpc) is 2.90. The fourth-order valence-electron chi connectivity index (χ4n) is 3.05. The fourth-order valence-corrected chi connectivity index (χ4v) is 3.05. The minimum absolute atomic E-state index is 0.310. The van der Waals surface area contributed by atoms with E-state index in [1.807, 2.05) is 0 Å². The molecule has 1 aromatic rings. The Labute approximate surface area is 123 Å². The van der Waals surface area contributed by atoms with Gasteiger partial charge in [-0.25, -0.2) is 0 Å². The Hall–Kier alpha value is -0.860. The number of benzene rings is 1. The highest BCUT2D eigenvalue weighted by Crippen LogP contribution is 2.32. The maximum absolute atomic E-state index is 5.97. The number of likely N-dealkylation sites (N-methyl/N-ethyl adjacent to an activating group) is 1. The molecule has 4 atom stereocenters. The smallest absolute Gasteiger partial charge is 0.0795 e. The van der Waals surface area contributed by atoms with E-state index in [-0.39, 0.29) is 0 Å². The van der Waals surface area contributed by atoms with E-state index in [2.05, 4.69) is 57.3 Å². The first-order valence-electron chi connectivity index (χ1n) is 8.12. The van der Waals surface area contributed by atoms with Crippen LogP contribution in [0.2, 0.25) is 0 Å². The largest absolute Gasteiger partial charge is 0.376 e. The quantitative estimate of drug-likeness (QED) is 0.837. The second-order valence-corrected chi connectivity index (χ2v) is 6.11. The Balaban J connectivity index is 2.16. The van der Waals surface area contributed by atoms with Gasteiger partial charge in [0.1, 0.15) is 0 Å². The zero-order chi connectivity index (χ0) is 14.5. The first-order chi connectivity index (χ1) is 9.67. The Morgan fingerprint density at radius 3 is 2.35 bits per heavy atom. The lowest BCUT2D eigenvalue weighted by Crippen LogP contribution is -2.34. The standard InChI is InChI=1S/C18H29NO/c1-5-13(3)15-7-9-16(10-8-15)17(19-6-2)18-14(4)11-12-20-18/h7-10,13-14,17-19H,5-6,11-12H2,1-4H3. The molecule has 1 aromatic carbocycles. The van der Waals surface area contributed by atoms with Crippen molar-refractivity contribution in [2.24, 2.45) is 5.92 Å². The molecule has 1 saturated heterocycles. The molecule has 1 aliphatic rings. The molecule has 112 valence electrons. The summed E-state index contributed by atoms with van der Waals surface area (Å²) < 4.78 is 5.97. The molecule has 2 nitrogen and oxygen atoms in total. The molecule has 0 aliphatic carbocycles. The lowest BCUT2D eigenvalue weighted by molar-refractivity contribution is 0.0612. The van der Waals surface area contributed by atoms with Gasteiger partial charge in [-0.1, -0.05) is 52.0 Å². The summed E-state index contributed by atoms with van der Waals surface area (Å²) in [6.07, 6.45) is 2.68. The molecular weight excluding hydrogens is 246 g/mol. The minimum Gasteiger partial charge on any atom is -0.376 e. The summed E-state index contributed by atoms with van der Waals surface area (Å²) in [4.78, 5) is 0. The highest BCUT2D eigenvalue weighted by atomic mass is 16.5. The monoisotopic (exact) mass is 275 g/mol. The molecule has 0 saturated carbocycles. The summed E-state index contributed by atoms with van der Waals surface area (Å²) >= 11 is 0. The van der Waals surface area contributed by atoms with E-state index in [0.29, 0.717) is 24.0 Å². The van der Waals surface area contributed by atoms with E-state index in [1.54, 1.807) is 0 Å². The van der Waals surface area contributed by atoms with Crippen molar-refractivity contribution in [3.8, 4) is 0 Å². The normalized spacial score (nSPS) is 25.6. The third kappa shape index (κ3) is 3.42. The molecule has 20 heavy (non-hydrogen) atoms. The minimum atomic E-state index is 0.310. The SMILES string of the molecule is CCNC(c1ccc(C(C)CC)cc1)C1OCCC1C. The van der Waals surface area contributed by atoms with Crippen LogP contribution >= 0.6 is 0 Å². The van der Waals surface area contributed by atoms with Crippen LogP contribution in [-0.2, 0) is 4.74 Å². The van der Waals surface area contributed by atoms with Crippen molar-refractivity contribution in [3.05, 3.63) is 35.4 Å². The summed E-state index contributed by atoms with van der Waals surface area (Å²) in [7, 11) is 0. The third-order valence-corrected chi connectivity index (χ3v) is 4.67. The van der Waals surface area contributed by atoms with Crippen LogP contribution in [0.25, 0.3) is 0 Å². The Bertz CT molecular complexity index is 400. The van der Waals surface area contributed by atoms with Gasteiger partial charge in [-0.05, 0) is 42.3 Å². The summed E-state index contributed by atoms with van der Waals surface area (Å²) in [5.41, 5.74) is 2.80. The average molecular weight is 275 g/mol. The summed E-state index contributed by atoms with van der Waals surface area (Å²) in [5.74, 6) is 1.27. The van der Waals surface area contributed by atoms with E-state index in [0.717, 1.165) is 13.2 Å². The van der Waals surface area contributed by atoms with E-state index in [9.17, 15) is 0 Å². The van der Waals surface area contributed by atoms with Crippen molar-refractivity contribution in [1.29, 1.82) is 0 Å². The van der Waals surface area contributed by atoms with Crippen molar-refractivity contribution < 1.29 is 4.74 Å². The predicted octanol–water partition coefficient (Wildman–Crippen LogP) is 4.28. The highest BCUT2D eigenvalue weighted by molar-refractivity contribution is 5.28. The number of hydrogen-bond donors (Lipinski definition) is 1. The first kappa shape index (κ1) is 15.5. The molecule has 4 unspecified atom stereocenters. The molecule has 1 heterocycles. The van der Waals surface area contributed by atoms with Gasteiger partial charge in [0.05, 0.1) is 12.1 Å². The lowest BCUT2D eigenvalue weighted by Gasteiger charge is -2.27. The van der Waals surface area contributed by atoms with Crippen molar-refractivity contribution in [2.45, 2.75) is 58.6 Å². The van der Waals surface area contributed by atoms with Crippen LogP contribution in [0.15, 0.2) is 24.3 Å². The Morgan fingerprint density at radius 1 is 1.20 bits per heavy atom. The van der Waals surface area contributed by atoms with Crippen molar-refractivity contribution in [1.82, 2.24) is 5.32 Å². The lowest BCUT2D eigenvalue weighted by atomic mass is 9.90. The van der Waals surface area contributed by atoms with E-state index >= 15 is 0 Å². The molecule has 1 N–H and O–H groups in total. The molecule has 0 spiro atoms. The van der Waals surface area contributed by atoms with E-state index in [4.69, 9.17) is 4.74 Å². The fraction of sp³-hybridized carbons (Fsp3) is 0.667. The number of hydrogen-bond acceptors (Lipinski definition) is 2. The Morgan fingerprint density at radius 2 is 1.85 bits per heavy atom. The summed E-state index contributed by atoms with van der Waals surface area (Å²) in [5, 5.41) is 3.61. The number of rotatable bonds is 6. The molecule has 2 rings (SSSR count). The van der Waals surface area contributed by atoms with Crippen LogP contribution < -0.4 is 5.32 Å². The molecule has 0 radical (unpaired) electrons.